The predicted molar refractivity (Wildman–Crippen MR) is 103 cm³/mol. The van der Waals surface area contributed by atoms with Crippen LogP contribution < -0.4 is 14.8 Å². The molecule has 2 heterocycles. The van der Waals surface area contributed by atoms with Crippen molar-refractivity contribution in [2.45, 2.75) is 31.5 Å². The summed E-state index contributed by atoms with van der Waals surface area (Å²) in [5.41, 5.74) is 2.15. The maximum atomic E-state index is 10.8. The molecule has 2 N–H and O–H groups in total. The molecule has 0 unspecified atom stereocenters. The molecule has 1 fully saturated rings. The number of ether oxygens (including phenoxy) is 3. The van der Waals surface area contributed by atoms with E-state index in [1.54, 1.807) is 0 Å². The quantitative estimate of drug-likeness (QED) is 0.747. The van der Waals surface area contributed by atoms with Crippen LogP contribution in [0.5, 0.6) is 11.5 Å². The number of nitrogens with one attached hydrogen (secondary N) is 1. The second kappa shape index (κ2) is 8.30. The van der Waals surface area contributed by atoms with E-state index in [9.17, 15) is 5.11 Å². The van der Waals surface area contributed by atoms with Gasteiger partial charge in [-0.1, -0.05) is 43.3 Å². The van der Waals surface area contributed by atoms with Gasteiger partial charge >= 0.3 is 0 Å². The van der Waals surface area contributed by atoms with Crippen LogP contribution in [0, 0.1) is 5.92 Å². The van der Waals surface area contributed by atoms with E-state index in [-0.39, 0.29) is 18.0 Å². The van der Waals surface area contributed by atoms with Gasteiger partial charge in [0.2, 0.25) is 0 Å². The van der Waals surface area contributed by atoms with Gasteiger partial charge in [0.05, 0.1) is 19.3 Å². The minimum absolute atomic E-state index is 0.00753. The summed E-state index contributed by atoms with van der Waals surface area (Å²) in [4.78, 5) is 0. The summed E-state index contributed by atoms with van der Waals surface area (Å²) in [7, 11) is 0. The highest BCUT2D eigenvalue weighted by molar-refractivity contribution is 5.40. The summed E-state index contributed by atoms with van der Waals surface area (Å²) in [6, 6.07) is 16.1. The lowest BCUT2D eigenvalue weighted by molar-refractivity contribution is 0.0365. The topological polar surface area (TPSA) is 60.0 Å². The average molecular weight is 369 g/mol. The van der Waals surface area contributed by atoms with Crippen LogP contribution in [0.1, 0.15) is 36.6 Å². The highest BCUT2D eigenvalue weighted by atomic mass is 16.5. The van der Waals surface area contributed by atoms with Crippen LogP contribution in [0.15, 0.2) is 48.5 Å². The van der Waals surface area contributed by atoms with Gasteiger partial charge in [0.1, 0.15) is 24.7 Å². The molecular formula is C22H27NO4. The van der Waals surface area contributed by atoms with Gasteiger partial charge in [0, 0.05) is 29.1 Å². The Morgan fingerprint density at radius 2 is 1.44 bits per heavy atom. The summed E-state index contributed by atoms with van der Waals surface area (Å²) in [6.45, 7) is 4.09. The molecule has 0 aromatic heterocycles. The third-order valence-electron chi connectivity index (χ3n) is 5.51. The standard InChI is InChI=1S/C22H27NO4/c1-15-19(24)14-18-16-6-2-4-8-20(16)26-12-10-25-11-13-27-21-9-5-3-7-17(21)22(15)23-18/h2-9,15,18-19,22-24H,10-14H2,1H3/t15-,18+,19+,22+/m0/s1. The smallest absolute Gasteiger partial charge is 0.124 e. The van der Waals surface area contributed by atoms with E-state index in [1.807, 2.05) is 36.4 Å². The number of fused-ring (bicyclic) bond motifs is 6. The molecule has 2 aromatic carbocycles. The molecule has 0 amide bonds. The number of aliphatic hydroxyl groups excluding tert-OH is 1. The maximum Gasteiger partial charge on any atom is 0.124 e. The SMILES string of the molecule is C[C@H]1[C@H](O)C[C@H]2N[C@H]1c1ccccc1OCCOCCOc1ccccc12. The van der Waals surface area contributed by atoms with Gasteiger partial charge in [-0.15, -0.1) is 0 Å². The zero-order chi connectivity index (χ0) is 18.6. The Morgan fingerprint density at radius 3 is 2.15 bits per heavy atom. The second-order valence-corrected chi connectivity index (χ2v) is 7.24. The Balaban J connectivity index is 1.73. The van der Waals surface area contributed by atoms with Crippen LogP contribution in [0.25, 0.3) is 0 Å². The van der Waals surface area contributed by atoms with Gasteiger partial charge in [-0.3, -0.25) is 0 Å². The number of benzene rings is 2. The molecule has 2 aromatic rings. The third kappa shape index (κ3) is 3.95. The van der Waals surface area contributed by atoms with E-state index in [0.717, 1.165) is 22.6 Å². The predicted octanol–water partition coefficient (Wildman–Crippen LogP) is 3.25. The van der Waals surface area contributed by atoms with Crippen molar-refractivity contribution in [2.24, 2.45) is 5.92 Å². The molecule has 27 heavy (non-hydrogen) atoms. The molecule has 0 spiro atoms. The van der Waals surface area contributed by atoms with E-state index < -0.39 is 6.10 Å². The van der Waals surface area contributed by atoms with Crippen molar-refractivity contribution in [3.05, 3.63) is 59.7 Å². The Hall–Kier alpha value is -2.08. The fourth-order valence-corrected chi connectivity index (χ4v) is 4.00. The fraction of sp³-hybridized carbons (Fsp3) is 0.455. The summed E-state index contributed by atoms with van der Waals surface area (Å²) >= 11 is 0. The number of hydrogen-bond acceptors (Lipinski definition) is 5. The van der Waals surface area contributed by atoms with Crippen LogP contribution >= 0.6 is 0 Å². The fourth-order valence-electron chi connectivity index (χ4n) is 4.00. The maximum absolute atomic E-state index is 10.8. The Labute approximate surface area is 160 Å². The second-order valence-electron chi connectivity index (χ2n) is 7.24. The zero-order valence-electron chi connectivity index (χ0n) is 15.6. The normalized spacial score (nSPS) is 28.7. The Morgan fingerprint density at radius 1 is 0.852 bits per heavy atom. The van der Waals surface area contributed by atoms with E-state index >= 15 is 0 Å². The molecule has 0 saturated carbocycles. The summed E-state index contributed by atoms with van der Waals surface area (Å²) in [6.07, 6.45) is 0.246. The van der Waals surface area contributed by atoms with Gasteiger partial charge in [-0.05, 0) is 18.6 Å². The molecule has 0 aliphatic carbocycles. The largest absolute Gasteiger partial charge is 0.491 e. The molecule has 5 nitrogen and oxygen atoms in total. The minimum Gasteiger partial charge on any atom is -0.491 e. The van der Waals surface area contributed by atoms with Crippen LogP contribution in [0.2, 0.25) is 0 Å². The van der Waals surface area contributed by atoms with Crippen LogP contribution in [-0.2, 0) is 4.74 Å². The number of para-hydroxylation sites is 2. The molecule has 2 aliphatic rings. The Bertz CT molecular complexity index is 765. The van der Waals surface area contributed by atoms with Gasteiger partial charge in [0.15, 0.2) is 0 Å². The number of rotatable bonds is 0. The van der Waals surface area contributed by atoms with Crippen molar-refractivity contribution in [2.75, 3.05) is 26.4 Å². The highest BCUT2D eigenvalue weighted by Crippen LogP contribution is 2.41. The minimum atomic E-state index is -0.404. The van der Waals surface area contributed by atoms with Gasteiger partial charge < -0.3 is 24.6 Å². The number of aliphatic hydroxyl groups is 1. The number of hydrogen-bond donors (Lipinski definition) is 2. The lowest BCUT2D eigenvalue weighted by Gasteiger charge is -2.40. The monoisotopic (exact) mass is 369 g/mol. The first kappa shape index (κ1) is 18.3. The summed E-state index contributed by atoms with van der Waals surface area (Å²) in [5.74, 6) is 1.77. The molecule has 5 heteroatoms. The number of piperidine rings is 1. The van der Waals surface area contributed by atoms with E-state index in [4.69, 9.17) is 14.2 Å². The van der Waals surface area contributed by atoms with Crippen molar-refractivity contribution in [3.63, 3.8) is 0 Å². The van der Waals surface area contributed by atoms with E-state index in [1.165, 1.54) is 0 Å². The molecular weight excluding hydrogens is 342 g/mol. The van der Waals surface area contributed by atoms with Crippen molar-refractivity contribution in [3.8, 4) is 11.5 Å². The first-order valence-electron chi connectivity index (χ1n) is 9.69. The van der Waals surface area contributed by atoms with Crippen molar-refractivity contribution < 1.29 is 19.3 Å². The van der Waals surface area contributed by atoms with Gasteiger partial charge in [-0.25, -0.2) is 0 Å². The van der Waals surface area contributed by atoms with Crippen LogP contribution in [-0.4, -0.2) is 37.6 Å². The molecule has 4 atom stereocenters. The van der Waals surface area contributed by atoms with Gasteiger partial charge in [0.25, 0.3) is 0 Å². The summed E-state index contributed by atoms with van der Waals surface area (Å²) < 4.78 is 17.6. The highest BCUT2D eigenvalue weighted by Gasteiger charge is 2.37. The van der Waals surface area contributed by atoms with E-state index in [2.05, 4.69) is 24.4 Å². The lowest BCUT2D eigenvalue weighted by Crippen LogP contribution is -2.43. The average Bonchev–Trinajstić information content (AvgIpc) is 2.69. The zero-order valence-corrected chi connectivity index (χ0v) is 15.6. The third-order valence-corrected chi connectivity index (χ3v) is 5.51. The van der Waals surface area contributed by atoms with Gasteiger partial charge in [-0.2, -0.15) is 0 Å². The van der Waals surface area contributed by atoms with Crippen molar-refractivity contribution in [1.82, 2.24) is 5.32 Å². The molecule has 0 radical (unpaired) electrons. The lowest BCUT2D eigenvalue weighted by atomic mass is 9.80. The van der Waals surface area contributed by atoms with Crippen LogP contribution in [0.3, 0.4) is 0 Å². The van der Waals surface area contributed by atoms with Crippen LogP contribution in [0.4, 0.5) is 0 Å². The summed E-state index contributed by atoms with van der Waals surface area (Å²) in [5, 5.41) is 14.5. The first-order valence-corrected chi connectivity index (χ1v) is 9.69. The molecule has 144 valence electrons. The van der Waals surface area contributed by atoms with Crippen molar-refractivity contribution in [1.29, 1.82) is 0 Å². The molecule has 4 rings (SSSR count). The molecule has 2 bridgehead atoms. The molecule has 2 aliphatic heterocycles. The van der Waals surface area contributed by atoms with Crippen molar-refractivity contribution >= 4 is 0 Å². The first-order chi connectivity index (χ1) is 13.2. The molecule has 1 saturated heterocycles. The van der Waals surface area contributed by atoms with E-state index in [0.29, 0.717) is 32.8 Å². The Kier molecular flexibility index (Phi) is 5.62.